The SMILES string of the molecule is COC(=O)NC(=O)c1c(NC(=O)c2ccc(Cc3ccccc3)cc2)sc(C)c1C. The Morgan fingerprint density at radius 2 is 1.53 bits per heavy atom. The zero-order valence-corrected chi connectivity index (χ0v) is 17.8. The Morgan fingerprint density at radius 1 is 0.900 bits per heavy atom. The van der Waals surface area contributed by atoms with Gasteiger partial charge in [-0.05, 0) is 49.1 Å². The van der Waals surface area contributed by atoms with Crippen molar-refractivity contribution in [2.45, 2.75) is 20.3 Å². The first-order valence-electron chi connectivity index (χ1n) is 9.32. The average molecular weight is 423 g/mol. The van der Waals surface area contributed by atoms with Crippen LogP contribution in [-0.2, 0) is 11.2 Å². The Morgan fingerprint density at radius 3 is 2.17 bits per heavy atom. The Bertz CT molecular complexity index is 1070. The number of thiophene rings is 1. The number of amides is 3. The van der Waals surface area contributed by atoms with E-state index in [1.165, 1.54) is 24.0 Å². The molecule has 0 saturated carbocycles. The van der Waals surface area contributed by atoms with Crippen LogP contribution in [0.1, 0.15) is 42.3 Å². The van der Waals surface area contributed by atoms with Gasteiger partial charge in [0.25, 0.3) is 11.8 Å². The number of imide groups is 1. The summed E-state index contributed by atoms with van der Waals surface area (Å²) >= 11 is 1.29. The molecule has 0 atom stereocenters. The van der Waals surface area contributed by atoms with E-state index in [2.05, 4.69) is 27.5 Å². The van der Waals surface area contributed by atoms with Crippen LogP contribution in [0.2, 0.25) is 0 Å². The van der Waals surface area contributed by atoms with Crippen molar-refractivity contribution in [1.29, 1.82) is 0 Å². The molecule has 0 fully saturated rings. The van der Waals surface area contributed by atoms with Crippen molar-refractivity contribution in [3.8, 4) is 0 Å². The van der Waals surface area contributed by atoms with Crippen molar-refractivity contribution in [3.63, 3.8) is 0 Å². The van der Waals surface area contributed by atoms with Gasteiger partial charge >= 0.3 is 6.09 Å². The molecular weight excluding hydrogens is 400 g/mol. The van der Waals surface area contributed by atoms with Crippen LogP contribution in [0.5, 0.6) is 0 Å². The highest BCUT2D eigenvalue weighted by atomic mass is 32.1. The molecule has 7 heteroatoms. The van der Waals surface area contributed by atoms with Gasteiger partial charge in [0.15, 0.2) is 0 Å². The summed E-state index contributed by atoms with van der Waals surface area (Å²) in [6, 6.07) is 17.4. The minimum atomic E-state index is -0.852. The number of methoxy groups -OCH3 is 1. The van der Waals surface area contributed by atoms with Crippen molar-refractivity contribution < 1.29 is 19.1 Å². The molecule has 6 nitrogen and oxygen atoms in total. The zero-order chi connectivity index (χ0) is 21.7. The second kappa shape index (κ2) is 9.37. The van der Waals surface area contributed by atoms with Gasteiger partial charge in [0, 0.05) is 10.4 Å². The predicted molar refractivity (Wildman–Crippen MR) is 117 cm³/mol. The van der Waals surface area contributed by atoms with Gasteiger partial charge in [0.05, 0.1) is 12.7 Å². The third-order valence-corrected chi connectivity index (χ3v) is 5.83. The fraction of sp³-hybridized carbons (Fsp3) is 0.174. The van der Waals surface area contributed by atoms with Gasteiger partial charge in [-0.25, -0.2) is 4.79 Å². The lowest BCUT2D eigenvalue weighted by atomic mass is 10.0. The highest BCUT2D eigenvalue weighted by Crippen LogP contribution is 2.32. The quantitative estimate of drug-likeness (QED) is 0.624. The van der Waals surface area contributed by atoms with Crippen LogP contribution in [-0.4, -0.2) is 25.0 Å². The van der Waals surface area contributed by atoms with Crippen LogP contribution in [0.15, 0.2) is 54.6 Å². The molecule has 1 heterocycles. The number of ether oxygens (including phenoxy) is 1. The lowest BCUT2D eigenvalue weighted by Gasteiger charge is -2.08. The van der Waals surface area contributed by atoms with E-state index in [9.17, 15) is 14.4 Å². The maximum atomic E-state index is 12.7. The summed E-state index contributed by atoms with van der Waals surface area (Å²) < 4.78 is 4.48. The highest BCUT2D eigenvalue weighted by molar-refractivity contribution is 7.16. The molecule has 0 unspecified atom stereocenters. The molecule has 2 N–H and O–H groups in total. The normalized spacial score (nSPS) is 10.4. The molecule has 3 amide bonds. The number of hydrogen-bond acceptors (Lipinski definition) is 5. The molecule has 0 bridgehead atoms. The van der Waals surface area contributed by atoms with Gasteiger partial charge in [0.1, 0.15) is 5.00 Å². The first-order valence-corrected chi connectivity index (χ1v) is 10.1. The molecule has 0 saturated heterocycles. The zero-order valence-electron chi connectivity index (χ0n) is 16.9. The van der Waals surface area contributed by atoms with Crippen LogP contribution in [0.3, 0.4) is 0 Å². The lowest BCUT2D eigenvalue weighted by Crippen LogP contribution is -2.31. The summed E-state index contributed by atoms with van der Waals surface area (Å²) in [5, 5.41) is 5.33. The molecule has 30 heavy (non-hydrogen) atoms. The van der Waals surface area contributed by atoms with Crippen molar-refractivity contribution in [2.24, 2.45) is 0 Å². The standard InChI is InChI=1S/C23H22N2O4S/c1-14-15(2)30-22(19(14)21(27)25-23(28)29-3)24-20(26)18-11-9-17(10-12-18)13-16-7-5-4-6-8-16/h4-12H,13H2,1-3H3,(H,24,26)(H,25,27,28). The predicted octanol–water partition coefficient (Wildman–Crippen LogP) is 4.70. The van der Waals surface area contributed by atoms with Crippen LogP contribution in [0.4, 0.5) is 9.80 Å². The van der Waals surface area contributed by atoms with Crippen LogP contribution in [0.25, 0.3) is 0 Å². The topological polar surface area (TPSA) is 84.5 Å². The Labute approximate surface area is 178 Å². The number of benzene rings is 2. The molecular formula is C23H22N2O4S. The minimum absolute atomic E-state index is 0.261. The molecule has 1 aromatic heterocycles. The average Bonchev–Trinajstić information content (AvgIpc) is 3.02. The number of carbonyl (C=O) groups is 3. The van der Waals surface area contributed by atoms with E-state index in [0.29, 0.717) is 16.1 Å². The van der Waals surface area contributed by atoms with E-state index in [0.717, 1.165) is 16.9 Å². The van der Waals surface area contributed by atoms with Gasteiger partial charge in [-0.3, -0.25) is 14.9 Å². The van der Waals surface area contributed by atoms with Gasteiger partial charge in [-0.1, -0.05) is 42.5 Å². The van der Waals surface area contributed by atoms with Gasteiger partial charge in [-0.2, -0.15) is 0 Å². The van der Waals surface area contributed by atoms with E-state index in [1.807, 2.05) is 37.3 Å². The van der Waals surface area contributed by atoms with Crippen molar-refractivity contribution in [3.05, 3.63) is 87.3 Å². The number of hydrogen-bond donors (Lipinski definition) is 2. The smallest absolute Gasteiger partial charge is 0.413 e. The molecule has 0 spiro atoms. The first-order chi connectivity index (χ1) is 14.4. The Kier molecular flexibility index (Phi) is 6.64. The van der Waals surface area contributed by atoms with Crippen LogP contribution in [0, 0.1) is 13.8 Å². The lowest BCUT2D eigenvalue weighted by molar-refractivity contribution is 0.0937. The molecule has 0 aliphatic rings. The fourth-order valence-electron chi connectivity index (χ4n) is 2.98. The number of aryl methyl sites for hydroxylation is 1. The monoisotopic (exact) mass is 422 g/mol. The van der Waals surface area contributed by atoms with Gasteiger partial charge < -0.3 is 10.1 Å². The van der Waals surface area contributed by atoms with Crippen molar-refractivity contribution in [2.75, 3.05) is 12.4 Å². The Hall–Kier alpha value is -3.45. The first kappa shape index (κ1) is 21.3. The fourth-order valence-corrected chi connectivity index (χ4v) is 4.03. The molecule has 3 aromatic rings. The maximum Gasteiger partial charge on any atom is 0.413 e. The second-order valence-electron chi connectivity index (χ2n) is 6.75. The van der Waals surface area contributed by atoms with E-state index in [1.54, 1.807) is 19.1 Å². The van der Waals surface area contributed by atoms with Crippen molar-refractivity contribution in [1.82, 2.24) is 5.32 Å². The maximum absolute atomic E-state index is 12.7. The summed E-state index contributed by atoms with van der Waals surface area (Å²) in [5.74, 6) is -0.938. The summed E-state index contributed by atoms with van der Waals surface area (Å²) in [7, 11) is 1.18. The second-order valence-corrected chi connectivity index (χ2v) is 7.97. The minimum Gasteiger partial charge on any atom is -0.453 e. The van der Waals surface area contributed by atoms with Crippen LogP contribution < -0.4 is 10.6 Å². The number of anilines is 1. The molecule has 3 rings (SSSR count). The largest absolute Gasteiger partial charge is 0.453 e. The van der Waals surface area contributed by atoms with E-state index < -0.39 is 12.0 Å². The molecule has 154 valence electrons. The molecule has 0 radical (unpaired) electrons. The number of alkyl carbamates (subject to hydrolysis) is 1. The van der Waals surface area contributed by atoms with Crippen molar-refractivity contribution >= 4 is 34.2 Å². The number of nitrogens with one attached hydrogen (secondary N) is 2. The van der Waals surface area contributed by atoms with Gasteiger partial charge in [0.2, 0.25) is 0 Å². The molecule has 2 aromatic carbocycles. The Balaban J connectivity index is 1.75. The molecule has 0 aliphatic carbocycles. The summed E-state index contributed by atoms with van der Waals surface area (Å²) in [6.07, 6.45) is -0.0706. The third kappa shape index (κ3) is 4.93. The summed E-state index contributed by atoms with van der Waals surface area (Å²) in [4.78, 5) is 37.4. The number of rotatable bonds is 5. The highest BCUT2D eigenvalue weighted by Gasteiger charge is 2.23. The molecule has 0 aliphatic heterocycles. The van der Waals surface area contributed by atoms with Gasteiger partial charge in [-0.15, -0.1) is 11.3 Å². The summed E-state index contributed by atoms with van der Waals surface area (Å²) in [5.41, 5.74) is 3.74. The van der Waals surface area contributed by atoms with Crippen LogP contribution >= 0.6 is 11.3 Å². The van der Waals surface area contributed by atoms with E-state index in [4.69, 9.17) is 0 Å². The van der Waals surface area contributed by atoms with E-state index in [-0.39, 0.29) is 11.5 Å². The number of carbonyl (C=O) groups excluding carboxylic acids is 3. The van der Waals surface area contributed by atoms with E-state index >= 15 is 0 Å². The third-order valence-electron chi connectivity index (χ3n) is 4.71. The summed E-state index contributed by atoms with van der Waals surface area (Å²) in [6.45, 7) is 3.62.